The van der Waals surface area contributed by atoms with Gasteiger partial charge in [0.15, 0.2) is 0 Å². The van der Waals surface area contributed by atoms with E-state index in [9.17, 15) is 4.79 Å². The zero-order valence-corrected chi connectivity index (χ0v) is 13.4. The third kappa shape index (κ3) is 26.7. The van der Waals surface area contributed by atoms with Gasteiger partial charge in [0.25, 0.3) is 0 Å². The zero-order chi connectivity index (χ0) is 14.8. The normalized spacial score (nSPS) is 9.63. The van der Waals surface area contributed by atoms with Crippen LogP contribution in [0, 0.1) is 0 Å². The van der Waals surface area contributed by atoms with Crippen molar-refractivity contribution < 1.29 is 9.53 Å². The van der Waals surface area contributed by atoms with Crippen molar-refractivity contribution in [2.24, 2.45) is 5.73 Å². The number of nitrogens with two attached hydrogens (primary N) is 1. The monoisotopic (exact) mass is 273 g/mol. The highest BCUT2D eigenvalue weighted by Crippen LogP contribution is 2.10. The molecule has 3 heteroatoms. The number of carbonyl (C=O) groups excluding carboxylic acids is 1. The fourth-order valence-corrected chi connectivity index (χ4v) is 1.88. The highest BCUT2D eigenvalue weighted by molar-refractivity contribution is 5.64. The van der Waals surface area contributed by atoms with Gasteiger partial charge in [0, 0.05) is 0 Å². The number of hydrogen-bond acceptors (Lipinski definition) is 2. The van der Waals surface area contributed by atoms with Gasteiger partial charge in [0.2, 0.25) is 0 Å². The van der Waals surface area contributed by atoms with Crippen molar-refractivity contribution in [3.8, 4) is 0 Å². The first-order chi connectivity index (χ1) is 9.18. The van der Waals surface area contributed by atoms with Gasteiger partial charge < -0.3 is 10.5 Å². The summed E-state index contributed by atoms with van der Waals surface area (Å²) in [5.41, 5.74) is 4.54. The Balaban J connectivity index is 0. The summed E-state index contributed by atoms with van der Waals surface area (Å²) in [6, 6.07) is 0. The predicted molar refractivity (Wildman–Crippen MR) is 83.3 cm³/mol. The highest BCUT2D eigenvalue weighted by atomic mass is 16.5. The largest absolute Gasteiger partial charge is 0.450 e. The summed E-state index contributed by atoms with van der Waals surface area (Å²) in [6.07, 6.45) is 15.2. The number of amides is 1. The van der Waals surface area contributed by atoms with Crippen molar-refractivity contribution in [3.63, 3.8) is 0 Å². The summed E-state index contributed by atoms with van der Waals surface area (Å²) in [5.74, 6) is 0. The summed E-state index contributed by atoms with van der Waals surface area (Å²) >= 11 is 0. The molecule has 0 aliphatic heterocycles. The maximum atomic E-state index is 9.60. The lowest BCUT2D eigenvalue weighted by Gasteiger charge is -2.00. The molecule has 0 unspecified atom stereocenters. The van der Waals surface area contributed by atoms with Gasteiger partial charge in [-0.15, -0.1) is 0 Å². The number of hydrogen-bond donors (Lipinski definition) is 1. The second-order valence-electron chi connectivity index (χ2n) is 4.93. The maximum absolute atomic E-state index is 9.60. The molecule has 0 aromatic carbocycles. The van der Waals surface area contributed by atoms with E-state index in [1.807, 2.05) is 0 Å². The number of unbranched alkanes of at least 4 members (excludes halogenated alkanes) is 10. The Morgan fingerprint density at radius 3 is 1.21 bits per heavy atom. The Morgan fingerprint density at radius 2 is 1.05 bits per heavy atom. The summed E-state index contributed by atoms with van der Waals surface area (Å²) in [6.45, 7) is 6.62. The molecule has 116 valence electrons. The van der Waals surface area contributed by atoms with Crippen LogP contribution in [0.3, 0.4) is 0 Å². The van der Waals surface area contributed by atoms with E-state index < -0.39 is 6.09 Å². The molecule has 0 atom stereocenters. The molecule has 0 aliphatic carbocycles. The van der Waals surface area contributed by atoms with E-state index in [0.717, 1.165) is 0 Å². The van der Waals surface area contributed by atoms with E-state index in [4.69, 9.17) is 0 Å². The smallest absolute Gasteiger partial charge is 0.404 e. The zero-order valence-electron chi connectivity index (χ0n) is 13.4. The fourth-order valence-electron chi connectivity index (χ4n) is 1.88. The van der Waals surface area contributed by atoms with Crippen LogP contribution in [0.15, 0.2) is 0 Å². The molecule has 2 N–H and O–H groups in total. The van der Waals surface area contributed by atoms with Gasteiger partial charge in [-0.3, -0.25) is 0 Å². The Morgan fingerprint density at radius 1 is 0.737 bits per heavy atom. The Bertz CT molecular complexity index is 162. The number of primary amides is 1. The average Bonchev–Trinajstić information content (AvgIpc) is 2.37. The van der Waals surface area contributed by atoms with E-state index >= 15 is 0 Å². The minimum atomic E-state index is -0.711. The molecular weight excluding hydrogens is 238 g/mol. The summed E-state index contributed by atoms with van der Waals surface area (Å²) in [5, 5.41) is 0. The number of ether oxygens (including phenoxy) is 1. The van der Waals surface area contributed by atoms with Crippen LogP contribution in [-0.4, -0.2) is 12.7 Å². The van der Waals surface area contributed by atoms with Crippen LogP contribution < -0.4 is 5.73 Å². The molecule has 19 heavy (non-hydrogen) atoms. The van der Waals surface area contributed by atoms with E-state index in [0.29, 0.717) is 6.61 Å². The predicted octanol–water partition coefficient (Wildman–Crippen LogP) is 5.42. The molecule has 3 nitrogen and oxygen atoms in total. The van der Waals surface area contributed by atoms with E-state index in [2.05, 4.69) is 24.3 Å². The van der Waals surface area contributed by atoms with Crippen LogP contribution >= 0.6 is 0 Å². The van der Waals surface area contributed by atoms with Crippen LogP contribution in [0.1, 0.15) is 91.4 Å². The van der Waals surface area contributed by atoms with Gasteiger partial charge in [0.1, 0.15) is 0 Å². The van der Waals surface area contributed by atoms with Crippen molar-refractivity contribution in [1.82, 2.24) is 0 Å². The second kappa shape index (κ2) is 19.6. The van der Waals surface area contributed by atoms with E-state index in [1.165, 1.54) is 70.6 Å². The first-order valence-corrected chi connectivity index (χ1v) is 8.11. The lowest BCUT2D eigenvalue weighted by atomic mass is 10.1. The topological polar surface area (TPSA) is 52.3 Å². The summed E-state index contributed by atoms with van der Waals surface area (Å²) in [4.78, 5) is 9.60. The van der Waals surface area contributed by atoms with Crippen LogP contribution in [-0.2, 0) is 4.74 Å². The summed E-state index contributed by atoms with van der Waals surface area (Å²) in [7, 11) is 0. The Hall–Kier alpha value is -0.730. The van der Waals surface area contributed by atoms with Gasteiger partial charge in [-0.1, -0.05) is 84.5 Å². The van der Waals surface area contributed by atoms with Gasteiger partial charge in [-0.25, -0.2) is 4.79 Å². The number of carbonyl (C=O) groups is 1. The lowest BCUT2D eigenvalue weighted by Crippen LogP contribution is -2.11. The molecule has 0 aromatic rings. The Labute approximate surface area is 120 Å². The maximum Gasteiger partial charge on any atom is 0.404 e. The van der Waals surface area contributed by atoms with Crippen molar-refractivity contribution in [2.45, 2.75) is 91.4 Å². The highest BCUT2D eigenvalue weighted by Gasteiger charge is 1.91. The van der Waals surface area contributed by atoms with E-state index in [1.54, 1.807) is 6.92 Å². The van der Waals surface area contributed by atoms with Crippen molar-refractivity contribution in [3.05, 3.63) is 0 Å². The van der Waals surface area contributed by atoms with Crippen LogP contribution in [0.5, 0.6) is 0 Å². The molecule has 0 saturated carbocycles. The lowest BCUT2D eigenvalue weighted by molar-refractivity contribution is 0.163. The first kappa shape index (κ1) is 20.6. The first-order valence-electron chi connectivity index (χ1n) is 8.11. The molecule has 0 rings (SSSR count). The Kier molecular flexibility index (Phi) is 21.2. The van der Waals surface area contributed by atoms with Gasteiger partial charge in [0.05, 0.1) is 6.61 Å². The third-order valence-electron chi connectivity index (χ3n) is 2.99. The van der Waals surface area contributed by atoms with Crippen molar-refractivity contribution in [2.75, 3.05) is 6.61 Å². The van der Waals surface area contributed by atoms with Gasteiger partial charge in [-0.05, 0) is 6.92 Å². The molecule has 0 heterocycles. The SMILES string of the molecule is CCCCCCCCCCCCC.CCOC(N)=O. The minimum absolute atomic E-state index is 0.356. The average molecular weight is 273 g/mol. The molecule has 0 radical (unpaired) electrons. The van der Waals surface area contributed by atoms with Crippen molar-refractivity contribution >= 4 is 6.09 Å². The van der Waals surface area contributed by atoms with Gasteiger partial charge >= 0.3 is 6.09 Å². The standard InChI is InChI=1S/C13H28.C3H7NO2/c1-3-5-7-9-11-13-12-10-8-6-4-2;1-2-6-3(4)5/h3-13H2,1-2H3;2H2,1H3,(H2,4,5). The molecule has 1 amide bonds. The van der Waals surface area contributed by atoms with Crippen LogP contribution in [0.4, 0.5) is 4.79 Å². The molecule has 0 fully saturated rings. The molecule has 0 saturated heterocycles. The van der Waals surface area contributed by atoms with Gasteiger partial charge in [-0.2, -0.15) is 0 Å². The van der Waals surface area contributed by atoms with Crippen LogP contribution in [0.25, 0.3) is 0 Å². The molecular formula is C16H35NO2. The second-order valence-corrected chi connectivity index (χ2v) is 4.93. The minimum Gasteiger partial charge on any atom is -0.450 e. The van der Waals surface area contributed by atoms with E-state index in [-0.39, 0.29) is 0 Å². The molecule has 0 aliphatic rings. The molecule has 0 spiro atoms. The molecule has 0 bridgehead atoms. The molecule has 0 aromatic heterocycles. The summed E-state index contributed by atoms with van der Waals surface area (Å²) < 4.78 is 4.18. The third-order valence-corrected chi connectivity index (χ3v) is 2.99. The quantitative estimate of drug-likeness (QED) is 0.511. The number of rotatable bonds is 11. The van der Waals surface area contributed by atoms with Crippen molar-refractivity contribution in [1.29, 1.82) is 0 Å². The fraction of sp³-hybridized carbons (Fsp3) is 0.938. The van der Waals surface area contributed by atoms with Crippen LogP contribution in [0.2, 0.25) is 0 Å².